The minimum absolute atomic E-state index is 0.535. The summed E-state index contributed by atoms with van der Waals surface area (Å²) in [6.45, 7) is 9.87. The van der Waals surface area contributed by atoms with Crippen LogP contribution in [-0.4, -0.2) is 44.6 Å². The van der Waals surface area contributed by atoms with Gasteiger partial charge in [-0.2, -0.15) is 0 Å². The van der Waals surface area contributed by atoms with E-state index in [1.54, 1.807) is 17.8 Å². The van der Waals surface area contributed by atoms with E-state index >= 15 is 0 Å². The molecule has 1 heterocycles. The van der Waals surface area contributed by atoms with E-state index in [0.717, 1.165) is 26.2 Å². The molecule has 0 saturated carbocycles. The lowest BCUT2D eigenvalue weighted by atomic mass is 10.3. The van der Waals surface area contributed by atoms with Gasteiger partial charge in [-0.25, -0.2) is 0 Å². The Hall–Kier alpha value is -0.940. The topological polar surface area (TPSA) is 54.2 Å². The van der Waals surface area contributed by atoms with Crippen molar-refractivity contribution >= 4 is 0 Å². The Morgan fingerprint density at radius 1 is 1.47 bits per heavy atom. The van der Waals surface area contributed by atoms with Crippen molar-refractivity contribution in [2.45, 2.75) is 33.4 Å². The van der Waals surface area contributed by atoms with Crippen LogP contribution < -0.4 is 0 Å². The smallest absolute Gasteiger partial charge is 0.111 e. The van der Waals surface area contributed by atoms with Gasteiger partial charge in [0.05, 0.1) is 18.8 Å². The number of aromatic nitrogens is 3. The van der Waals surface area contributed by atoms with E-state index < -0.39 is 6.10 Å². The molecule has 0 spiro atoms. The van der Waals surface area contributed by atoms with Crippen LogP contribution in [-0.2, 0) is 6.54 Å². The number of aliphatic hydroxyl groups is 1. The van der Waals surface area contributed by atoms with Crippen molar-refractivity contribution < 1.29 is 5.11 Å². The molecular formula is C10H20N4O. The van der Waals surface area contributed by atoms with Crippen molar-refractivity contribution in [3.05, 3.63) is 11.9 Å². The molecule has 0 fully saturated rings. The fourth-order valence-corrected chi connectivity index (χ4v) is 1.40. The Morgan fingerprint density at radius 3 is 2.60 bits per heavy atom. The number of hydrogen-bond acceptors (Lipinski definition) is 4. The van der Waals surface area contributed by atoms with E-state index in [9.17, 15) is 5.11 Å². The maximum atomic E-state index is 9.28. The number of aliphatic hydroxyl groups excluding tert-OH is 1. The van der Waals surface area contributed by atoms with E-state index in [0.29, 0.717) is 5.69 Å². The largest absolute Gasteiger partial charge is 0.387 e. The summed E-state index contributed by atoms with van der Waals surface area (Å²) in [7, 11) is 0. The van der Waals surface area contributed by atoms with Crippen LogP contribution in [0.15, 0.2) is 6.20 Å². The SMILES string of the molecule is CCN(CC)CCn1cc(C(C)O)nn1. The van der Waals surface area contributed by atoms with Gasteiger partial charge in [-0.1, -0.05) is 19.1 Å². The van der Waals surface area contributed by atoms with Crippen LogP contribution in [0.3, 0.4) is 0 Å². The minimum atomic E-state index is -0.535. The second-order valence-electron chi connectivity index (χ2n) is 3.61. The van der Waals surface area contributed by atoms with Crippen LogP contribution in [0.1, 0.15) is 32.6 Å². The minimum Gasteiger partial charge on any atom is -0.387 e. The van der Waals surface area contributed by atoms with Crippen LogP contribution in [0, 0.1) is 0 Å². The van der Waals surface area contributed by atoms with Gasteiger partial charge in [0.2, 0.25) is 0 Å². The molecule has 1 atom stereocenters. The standard InChI is InChI=1S/C10H20N4O/c1-4-13(5-2)6-7-14-8-10(9(3)15)11-12-14/h8-9,15H,4-7H2,1-3H3. The summed E-state index contributed by atoms with van der Waals surface area (Å²) in [4.78, 5) is 2.32. The quantitative estimate of drug-likeness (QED) is 0.753. The summed E-state index contributed by atoms with van der Waals surface area (Å²) >= 11 is 0. The molecule has 0 radical (unpaired) electrons. The van der Waals surface area contributed by atoms with Crippen LogP contribution in [0.4, 0.5) is 0 Å². The highest BCUT2D eigenvalue weighted by atomic mass is 16.3. The van der Waals surface area contributed by atoms with Gasteiger partial charge in [0.15, 0.2) is 0 Å². The predicted octanol–water partition coefficient (Wildman–Crippen LogP) is 0.673. The monoisotopic (exact) mass is 212 g/mol. The molecule has 0 bridgehead atoms. The van der Waals surface area contributed by atoms with E-state index in [-0.39, 0.29) is 0 Å². The van der Waals surface area contributed by atoms with E-state index in [4.69, 9.17) is 0 Å². The first-order valence-corrected chi connectivity index (χ1v) is 5.47. The summed E-state index contributed by atoms with van der Waals surface area (Å²) < 4.78 is 1.78. The van der Waals surface area contributed by atoms with Crippen LogP contribution >= 0.6 is 0 Å². The van der Waals surface area contributed by atoms with Gasteiger partial charge in [0.1, 0.15) is 5.69 Å². The Balaban J connectivity index is 2.43. The third kappa shape index (κ3) is 3.60. The lowest BCUT2D eigenvalue weighted by molar-refractivity contribution is 0.194. The molecule has 1 unspecified atom stereocenters. The second-order valence-corrected chi connectivity index (χ2v) is 3.61. The fourth-order valence-electron chi connectivity index (χ4n) is 1.40. The summed E-state index contributed by atoms with van der Waals surface area (Å²) in [6, 6.07) is 0. The van der Waals surface area contributed by atoms with Crippen LogP contribution in [0.5, 0.6) is 0 Å². The first-order chi connectivity index (χ1) is 7.17. The molecule has 0 aliphatic heterocycles. The normalized spacial score (nSPS) is 13.4. The zero-order valence-corrected chi connectivity index (χ0v) is 9.72. The zero-order valence-electron chi connectivity index (χ0n) is 9.72. The Labute approximate surface area is 90.7 Å². The van der Waals surface area contributed by atoms with Crippen LogP contribution in [0.2, 0.25) is 0 Å². The van der Waals surface area contributed by atoms with Crippen molar-refractivity contribution in [1.82, 2.24) is 19.9 Å². The molecule has 0 aliphatic rings. The summed E-state index contributed by atoms with van der Waals surface area (Å²) in [5.74, 6) is 0. The molecule has 1 aromatic rings. The van der Waals surface area contributed by atoms with Crippen molar-refractivity contribution in [2.75, 3.05) is 19.6 Å². The first kappa shape index (κ1) is 12.1. The third-order valence-electron chi connectivity index (χ3n) is 2.52. The fraction of sp³-hybridized carbons (Fsp3) is 0.800. The van der Waals surface area contributed by atoms with E-state index in [1.807, 2.05) is 0 Å². The Morgan fingerprint density at radius 2 is 2.13 bits per heavy atom. The second kappa shape index (κ2) is 5.82. The average Bonchev–Trinajstić information content (AvgIpc) is 2.68. The molecular weight excluding hydrogens is 192 g/mol. The Kier molecular flexibility index (Phi) is 4.71. The lowest BCUT2D eigenvalue weighted by Crippen LogP contribution is -2.27. The highest BCUT2D eigenvalue weighted by Gasteiger charge is 2.06. The zero-order chi connectivity index (χ0) is 11.3. The summed E-state index contributed by atoms with van der Waals surface area (Å²) in [6.07, 6.45) is 1.26. The van der Waals surface area contributed by atoms with Crippen LogP contribution in [0.25, 0.3) is 0 Å². The summed E-state index contributed by atoms with van der Waals surface area (Å²) in [5, 5.41) is 17.1. The molecule has 15 heavy (non-hydrogen) atoms. The molecule has 1 rings (SSSR count). The number of hydrogen-bond donors (Lipinski definition) is 1. The average molecular weight is 212 g/mol. The molecule has 1 N–H and O–H groups in total. The van der Waals surface area contributed by atoms with Gasteiger partial charge >= 0.3 is 0 Å². The van der Waals surface area contributed by atoms with Crippen molar-refractivity contribution in [3.63, 3.8) is 0 Å². The molecule has 0 saturated heterocycles. The first-order valence-electron chi connectivity index (χ1n) is 5.47. The molecule has 5 heteroatoms. The number of rotatable bonds is 6. The molecule has 0 aliphatic carbocycles. The van der Waals surface area contributed by atoms with Gasteiger partial charge in [-0.05, 0) is 20.0 Å². The number of likely N-dealkylation sites (N-methyl/N-ethyl adjacent to an activating group) is 1. The third-order valence-corrected chi connectivity index (χ3v) is 2.52. The highest BCUT2D eigenvalue weighted by molar-refractivity contribution is 4.95. The maximum Gasteiger partial charge on any atom is 0.111 e. The van der Waals surface area contributed by atoms with E-state index in [1.165, 1.54) is 0 Å². The van der Waals surface area contributed by atoms with Gasteiger partial charge in [0, 0.05) is 6.54 Å². The molecule has 0 amide bonds. The maximum absolute atomic E-state index is 9.28. The van der Waals surface area contributed by atoms with Gasteiger partial charge in [-0.15, -0.1) is 5.10 Å². The lowest BCUT2D eigenvalue weighted by Gasteiger charge is -2.17. The van der Waals surface area contributed by atoms with Gasteiger partial charge < -0.3 is 10.0 Å². The van der Waals surface area contributed by atoms with Crippen molar-refractivity contribution in [3.8, 4) is 0 Å². The van der Waals surface area contributed by atoms with Crippen molar-refractivity contribution in [1.29, 1.82) is 0 Å². The molecule has 5 nitrogen and oxygen atoms in total. The molecule has 1 aromatic heterocycles. The Bertz CT molecular complexity index is 281. The molecule has 0 aromatic carbocycles. The van der Waals surface area contributed by atoms with Gasteiger partial charge in [-0.3, -0.25) is 4.68 Å². The predicted molar refractivity (Wildman–Crippen MR) is 58.4 cm³/mol. The van der Waals surface area contributed by atoms with E-state index in [2.05, 4.69) is 29.1 Å². The highest BCUT2D eigenvalue weighted by Crippen LogP contribution is 2.06. The van der Waals surface area contributed by atoms with Crippen molar-refractivity contribution in [2.24, 2.45) is 0 Å². The number of nitrogens with zero attached hydrogens (tertiary/aromatic N) is 4. The molecule has 86 valence electrons. The van der Waals surface area contributed by atoms with Gasteiger partial charge in [0.25, 0.3) is 0 Å². The summed E-state index contributed by atoms with van der Waals surface area (Å²) in [5.41, 5.74) is 0.634.